The van der Waals surface area contributed by atoms with Crippen LogP contribution in [0.3, 0.4) is 0 Å². The number of likely N-dealkylation sites (N-methyl/N-ethyl adjacent to an activating group) is 2. The molecule has 0 saturated heterocycles. The minimum atomic E-state index is -4.58. The molecule has 0 heterocycles. The van der Waals surface area contributed by atoms with E-state index in [0.717, 1.165) is 19.3 Å². The number of carboxylic acids is 1. The molecule has 31 heavy (non-hydrogen) atoms. The molecule has 0 aliphatic carbocycles. The summed E-state index contributed by atoms with van der Waals surface area (Å²) >= 11 is 0. The molecule has 0 aliphatic rings. The van der Waals surface area contributed by atoms with Crippen LogP contribution in [-0.4, -0.2) is 81.3 Å². The SMILES string of the molecule is CCCCCCCCCCCCC(OS(=O)(=O)C(C(=O)[O-])[N+](C)(C)C)(C(C)O)N(C)C. The van der Waals surface area contributed by atoms with Crippen molar-refractivity contribution in [1.29, 1.82) is 0 Å². The number of nitrogens with zero attached hydrogens (tertiary/aromatic N) is 2. The zero-order chi connectivity index (χ0) is 24.3. The highest BCUT2D eigenvalue weighted by Crippen LogP contribution is 2.31. The average molecular weight is 467 g/mol. The first-order valence-corrected chi connectivity index (χ1v) is 13.0. The van der Waals surface area contributed by atoms with E-state index in [1.807, 2.05) is 0 Å². The molecule has 0 amide bonds. The van der Waals surface area contributed by atoms with Crippen LogP contribution in [0.25, 0.3) is 0 Å². The molecule has 0 radical (unpaired) electrons. The maximum atomic E-state index is 12.9. The van der Waals surface area contributed by atoms with Crippen LogP contribution in [-0.2, 0) is 19.1 Å². The van der Waals surface area contributed by atoms with Gasteiger partial charge in [-0.15, -0.1) is 0 Å². The van der Waals surface area contributed by atoms with Gasteiger partial charge in [-0.2, -0.15) is 8.42 Å². The van der Waals surface area contributed by atoms with E-state index in [2.05, 4.69) is 6.92 Å². The Kier molecular flexibility index (Phi) is 13.4. The number of hydrogen-bond acceptors (Lipinski definition) is 7. The molecule has 0 rings (SSSR count). The number of carbonyl (C=O) groups excluding carboxylic acids is 1. The highest BCUT2D eigenvalue weighted by Gasteiger charge is 2.49. The van der Waals surface area contributed by atoms with Crippen molar-refractivity contribution in [2.45, 2.75) is 102 Å². The number of aliphatic hydroxyl groups excluding tert-OH is 1. The van der Waals surface area contributed by atoms with Gasteiger partial charge in [0.15, 0.2) is 5.72 Å². The molecule has 0 aromatic carbocycles. The third-order valence-electron chi connectivity index (χ3n) is 5.74. The van der Waals surface area contributed by atoms with Gasteiger partial charge in [0.1, 0.15) is 5.97 Å². The van der Waals surface area contributed by atoms with Crippen LogP contribution in [0.4, 0.5) is 0 Å². The maximum Gasteiger partial charge on any atom is 0.329 e. The molecule has 8 nitrogen and oxygen atoms in total. The van der Waals surface area contributed by atoms with Crippen LogP contribution in [0.5, 0.6) is 0 Å². The number of hydrogen-bond donors (Lipinski definition) is 1. The van der Waals surface area contributed by atoms with Crippen molar-refractivity contribution < 1.29 is 32.1 Å². The Hall–Kier alpha value is -0.740. The van der Waals surface area contributed by atoms with Gasteiger partial charge >= 0.3 is 10.1 Å². The monoisotopic (exact) mass is 466 g/mol. The minimum absolute atomic E-state index is 0.268. The first-order valence-electron chi connectivity index (χ1n) is 11.5. The van der Waals surface area contributed by atoms with Crippen molar-refractivity contribution >= 4 is 16.1 Å². The fourth-order valence-corrected chi connectivity index (χ4v) is 5.80. The molecule has 0 fully saturated rings. The molecule has 0 aliphatic heterocycles. The van der Waals surface area contributed by atoms with Crippen molar-refractivity contribution in [3.8, 4) is 0 Å². The van der Waals surface area contributed by atoms with E-state index in [4.69, 9.17) is 4.18 Å². The molecule has 3 atom stereocenters. The van der Waals surface area contributed by atoms with Crippen LogP contribution >= 0.6 is 0 Å². The zero-order valence-electron chi connectivity index (χ0n) is 20.7. The van der Waals surface area contributed by atoms with Crippen LogP contribution in [0.1, 0.15) is 84.5 Å². The normalized spacial score (nSPS) is 16.8. The molecule has 0 aromatic rings. The molecule has 1 N–H and O–H groups in total. The van der Waals surface area contributed by atoms with Crippen molar-refractivity contribution in [3.05, 3.63) is 0 Å². The molecule has 186 valence electrons. The third kappa shape index (κ3) is 10.2. The maximum absolute atomic E-state index is 12.9. The lowest BCUT2D eigenvalue weighted by Gasteiger charge is -2.43. The van der Waals surface area contributed by atoms with Crippen molar-refractivity contribution in [2.24, 2.45) is 0 Å². The predicted molar refractivity (Wildman–Crippen MR) is 121 cm³/mol. The van der Waals surface area contributed by atoms with Gasteiger partial charge in [-0.25, -0.2) is 4.18 Å². The number of aliphatic hydroxyl groups is 1. The lowest BCUT2D eigenvalue weighted by atomic mass is 9.97. The number of aliphatic carboxylic acids is 1. The molecule has 3 unspecified atom stereocenters. The van der Waals surface area contributed by atoms with Gasteiger partial charge in [0, 0.05) is 0 Å². The van der Waals surface area contributed by atoms with Gasteiger partial charge in [0.25, 0.3) is 5.37 Å². The summed E-state index contributed by atoms with van der Waals surface area (Å²) < 4.78 is 30.9. The lowest BCUT2D eigenvalue weighted by molar-refractivity contribution is -0.876. The van der Waals surface area contributed by atoms with Gasteiger partial charge in [-0.05, 0) is 33.9 Å². The van der Waals surface area contributed by atoms with Crippen LogP contribution in [0.15, 0.2) is 0 Å². The predicted octanol–water partition coefficient (Wildman–Crippen LogP) is 2.06. The molecular weight excluding hydrogens is 420 g/mol. The van der Waals surface area contributed by atoms with Gasteiger partial charge < -0.3 is 19.5 Å². The lowest BCUT2D eigenvalue weighted by Crippen LogP contribution is -2.63. The van der Waals surface area contributed by atoms with E-state index < -0.39 is 37.8 Å². The number of carboxylic acid groups (broad SMARTS) is 1. The second-order valence-electron chi connectivity index (χ2n) is 9.71. The minimum Gasteiger partial charge on any atom is -0.543 e. The topological polar surface area (TPSA) is 107 Å². The molecule has 0 spiro atoms. The van der Waals surface area contributed by atoms with Gasteiger partial charge in [0.2, 0.25) is 0 Å². The summed E-state index contributed by atoms with van der Waals surface area (Å²) in [5.74, 6) is -1.73. The number of unbranched alkanes of at least 4 members (excludes halogenated alkanes) is 9. The van der Waals surface area contributed by atoms with Gasteiger partial charge in [0.05, 0.1) is 27.2 Å². The Morgan fingerprint density at radius 2 is 1.42 bits per heavy atom. The van der Waals surface area contributed by atoms with Crippen LogP contribution in [0, 0.1) is 0 Å². The fraction of sp³-hybridized carbons (Fsp3) is 0.955. The molecular formula is C22H46N2O6S. The molecule has 9 heteroatoms. The first-order chi connectivity index (χ1) is 14.2. The second kappa shape index (κ2) is 13.7. The molecule has 0 saturated carbocycles. The van der Waals surface area contributed by atoms with Crippen LogP contribution < -0.4 is 5.11 Å². The number of rotatable bonds is 18. The largest absolute Gasteiger partial charge is 0.543 e. The average Bonchev–Trinajstić information content (AvgIpc) is 2.59. The van der Waals surface area contributed by atoms with E-state index in [1.165, 1.54) is 71.5 Å². The Bertz CT molecular complexity index is 606. The first kappa shape index (κ1) is 30.3. The van der Waals surface area contributed by atoms with E-state index in [1.54, 1.807) is 14.1 Å². The van der Waals surface area contributed by atoms with E-state index >= 15 is 0 Å². The van der Waals surface area contributed by atoms with Crippen molar-refractivity contribution in [2.75, 3.05) is 35.2 Å². The Morgan fingerprint density at radius 1 is 1.00 bits per heavy atom. The van der Waals surface area contributed by atoms with E-state index in [9.17, 15) is 23.4 Å². The summed E-state index contributed by atoms with van der Waals surface area (Å²) in [5, 5.41) is 20.2. The van der Waals surface area contributed by atoms with Crippen LogP contribution in [0.2, 0.25) is 0 Å². The summed E-state index contributed by atoms with van der Waals surface area (Å²) in [7, 11) is 3.01. The van der Waals surface area contributed by atoms with E-state index in [-0.39, 0.29) is 6.42 Å². The third-order valence-corrected chi connectivity index (χ3v) is 7.63. The quantitative estimate of drug-likeness (QED) is 0.143. The Balaban J connectivity index is 5.05. The summed E-state index contributed by atoms with van der Waals surface area (Å²) in [6.45, 7) is 3.67. The number of quaternary nitrogens is 1. The molecule has 0 bridgehead atoms. The zero-order valence-corrected chi connectivity index (χ0v) is 21.5. The standard InChI is InChI=1S/C22H46N2O6S/c1-8-9-10-11-12-13-14-15-16-17-18-22(19(2)25,23(3)4)30-31(28,29)20(21(26)27)24(5,6)7/h19-20,25H,8-18H2,1-7H3. The summed E-state index contributed by atoms with van der Waals surface area (Å²) in [5.41, 5.74) is -1.54. The summed E-state index contributed by atoms with van der Waals surface area (Å²) in [4.78, 5) is 13.1. The Labute approximate surface area is 190 Å². The fourth-order valence-electron chi connectivity index (χ4n) is 3.93. The van der Waals surface area contributed by atoms with Crippen molar-refractivity contribution in [3.63, 3.8) is 0 Å². The highest BCUT2D eigenvalue weighted by atomic mass is 32.2. The number of carbonyl (C=O) groups is 1. The highest BCUT2D eigenvalue weighted by molar-refractivity contribution is 7.88. The van der Waals surface area contributed by atoms with Crippen molar-refractivity contribution in [1.82, 2.24) is 4.90 Å². The smallest absolute Gasteiger partial charge is 0.329 e. The summed E-state index contributed by atoms with van der Waals surface area (Å²) in [6, 6.07) is 0. The second-order valence-corrected chi connectivity index (χ2v) is 11.3. The van der Waals surface area contributed by atoms with Gasteiger partial charge in [-0.3, -0.25) is 4.90 Å². The Morgan fingerprint density at radius 3 is 1.74 bits per heavy atom. The van der Waals surface area contributed by atoms with E-state index in [0.29, 0.717) is 6.42 Å². The van der Waals surface area contributed by atoms with Gasteiger partial charge in [-0.1, -0.05) is 64.7 Å². The molecule has 0 aromatic heterocycles. The summed E-state index contributed by atoms with van der Waals surface area (Å²) in [6.07, 6.45) is 10.4.